The Labute approximate surface area is 118 Å². The Bertz CT molecular complexity index is 582. The standard InChI is InChI=1S/C12H11BrClN3O/c1-2-17-12(15-7-16-17)6-11(18)9-4-3-8(13)5-10(9)14/h3-5,7H,2,6H2,1H3. The number of benzene rings is 1. The van der Waals surface area contributed by atoms with Crippen molar-refractivity contribution >= 4 is 33.3 Å². The maximum Gasteiger partial charge on any atom is 0.171 e. The average molecular weight is 329 g/mol. The number of carbonyl (C=O) groups is 1. The third-order valence-electron chi connectivity index (χ3n) is 2.55. The van der Waals surface area contributed by atoms with Crippen molar-refractivity contribution in [3.8, 4) is 0 Å². The van der Waals surface area contributed by atoms with E-state index in [0.29, 0.717) is 23.0 Å². The van der Waals surface area contributed by atoms with E-state index in [1.165, 1.54) is 6.33 Å². The lowest BCUT2D eigenvalue weighted by Crippen LogP contribution is -2.11. The monoisotopic (exact) mass is 327 g/mol. The zero-order valence-electron chi connectivity index (χ0n) is 9.73. The summed E-state index contributed by atoms with van der Waals surface area (Å²) in [6, 6.07) is 5.21. The number of hydrogen-bond donors (Lipinski definition) is 0. The predicted octanol–water partition coefficient (Wildman–Crippen LogP) is 3.14. The number of hydrogen-bond acceptors (Lipinski definition) is 3. The number of halogens is 2. The van der Waals surface area contributed by atoms with Crippen molar-refractivity contribution in [3.63, 3.8) is 0 Å². The molecule has 0 saturated carbocycles. The van der Waals surface area contributed by atoms with E-state index in [4.69, 9.17) is 11.6 Å². The molecular formula is C12H11BrClN3O. The summed E-state index contributed by atoms with van der Waals surface area (Å²) < 4.78 is 2.55. The van der Waals surface area contributed by atoms with Gasteiger partial charge in [-0.25, -0.2) is 9.67 Å². The van der Waals surface area contributed by atoms with Gasteiger partial charge in [-0.2, -0.15) is 5.10 Å². The molecular weight excluding hydrogens is 318 g/mol. The van der Waals surface area contributed by atoms with E-state index in [9.17, 15) is 4.79 Å². The summed E-state index contributed by atoms with van der Waals surface area (Å²) in [6.45, 7) is 2.64. The lowest BCUT2D eigenvalue weighted by atomic mass is 10.1. The van der Waals surface area contributed by atoms with Crippen LogP contribution in [0.4, 0.5) is 0 Å². The van der Waals surface area contributed by atoms with Gasteiger partial charge in [0.25, 0.3) is 0 Å². The SMILES string of the molecule is CCn1ncnc1CC(=O)c1ccc(Br)cc1Cl. The minimum Gasteiger partial charge on any atom is -0.294 e. The van der Waals surface area contributed by atoms with Gasteiger partial charge in [0, 0.05) is 16.6 Å². The molecule has 0 spiro atoms. The third-order valence-corrected chi connectivity index (χ3v) is 3.35. The first-order valence-electron chi connectivity index (χ1n) is 5.46. The highest BCUT2D eigenvalue weighted by atomic mass is 79.9. The van der Waals surface area contributed by atoms with Crippen LogP contribution in [0.25, 0.3) is 0 Å². The van der Waals surface area contributed by atoms with Gasteiger partial charge in [-0.1, -0.05) is 27.5 Å². The highest BCUT2D eigenvalue weighted by Gasteiger charge is 2.14. The van der Waals surface area contributed by atoms with E-state index >= 15 is 0 Å². The van der Waals surface area contributed by atoms with Crippen LogP contribution < -0.4 is 0 Å². The molecule has 0 radical (unpaired) electrons. The van der Waals surface area contributed by atoms with E-state index in [-0.39, 0.29) is 12.2 Å². The fraction of sp³-hybridized carbons (Fsp3) is 0.250. The van der Waals surface area contributed by atoms with Crippen molar-refractivity contribution in [2.75, 3.05) is 0 Å². The molecule has 0 aliphatic rings. The van der Waals surface area contributed by atoms with Crippen LogP contribution in [-0.2, 0) is 13.0 Å². The summed E-state index contributed by atoms with van der Waals surface area (Å²) in [5, 5.41) is 4.47. The van der Waals surface area contributed by atoms with Gasteiger partial charge in [0.15, 0.2) is 5.78 Å². The summed E-state index contributed by atoms with van der Waals surface area (Å²) in [7, 11) is 0. The minimum absolute atomic E-state index is 0.0600. The van der Waals surface area contributed by atoms with Gasteiger partial charge in [0.2, 0.25) is 0 Å². The summed E-state index contributed by atoms with van der Waals surface area (Å²) in [6.07, 6.45) is 1.66. The molecule has 0 N–H and O–H groups in total. The Morgan fingerprint density at radius 3 is 2.94 bits per heavy atom. The fourth-order valence-corrected chi connectivity index (χ4v) is 2.42. The van der Waals surface area contributed by atoms with Crippen LogP contribution in [0.5, 0.6) is 0 Å². The van der Waals surface area contributed by atoms with Crippen LogP contribution >= 0.6 is 27.5 Å². The first-order chi connectivity index (χ1) is 8.61. The molecule has 0 aliphatic heterocycles. The minimum atomic E-state index is -0.0600. The number of carbonyl (C=O) groups excluding carboxylic acids is 1. The van der Waals surface area contributed by atoms with Crippen molar-refractivity contribution in [3.05, 3.63) is 45.4 Å². The Hall–Kier alpha value is -1.20. The molecule has 0 amide bonds. The quantitative estimate of drug-likeness (QED) is 0.810. The van der Waals surface area contributed by atoms with Gasteiger partial charge in [0.05, 0.1) is 11.4 Å². The number of Topliss-reactive ketones (excluding diaryl/α,β-unsaturated/α-hetero) is 1. The first kappa shape index (κ1) is 13.2. The Kier molecular flexibility index (Phi) is 4.14. The van der Waals surface area contributed by atoms with E-state index in [0.717, 1.165) is 4.47 Å². The van der Waals surface area contributed by atoms with E-state index in [1.807, 2.05) is 6.92 Å². The second-order valence-electron chi connectivity index (χ2n) is 3.72. The molecule has 1 aromatic heterocycles. The second kappa shape index (κ2) is 5.63. The lowest BCUT2D eigenvalue weighted by Gasteiger charge is -2.05. The fourth-order valence-electron chi connectivity index (χ4n) is 1.64. The summed E-state index contributed by atoms with van der Waals surface area (Å²) >= 11 is 9.35. The zero-order chi connectivity index (χ0) is 13.1. The largest absolute Gasteiger partial charge is 0.294 e. The van der Waals surface area contributed by atoms with Crippen LogP contribution in [-0.4, -0.2) is 20.5 Å². The lowest BCUT2D eigenvalue weighted by molar-refractivity contribution is 0.0989. The number of aryl methyl sites for hydroxylation is 1. The molecule has 1 aromatic carbocycles. The first-order valence-corrected chi connectivity index (χ1v) is 6.64. The Morgan fingerprint density at radius 1 is 1.50 bits per heavy atom. The molecule has 0 bridgehead atoms. The molecule has 2 rings (SSSR count). The normalized spacial score (nSPS) is 10.6. The molecule has 1 heterocycles. The van der Waals surface area contributed by atoms with Crippen molar-refractivity contribution < 1.29 is 4.79 Å². The maximum atomic E-state index is 12.1. The molecule has 18 heavy (non-hydrogen) atoms. The predicted molar refractivity (Wildman–Crippen MR) is 72.9 cm³/mol. The highest BCUT2D eigenvalue weighted by molar-refractivity contribution is 9.10. The third kappa shape index (κ3) is 2.79. The van der Waals surface area contributed by atoms with Gasteiger partial charge in [-0.3, -0.25) is 4.79 Å². The number of nitrogens with zero attached hydrogens (tertiary/aromatic N) is 3. The number of rotatable bonds is 4. The van der Waals surface area contributed by atoms with Crippen LogP contribution in [0.2, 0.25) is 5.02 Å². The van der Waals surface area contributed by atoms with Gasteiger partial charge in [-0.15, -0.1) is 0 Å². The van der Waals surface area contributed by atoms with Crippen molar-refractivity contribution in [2.45, 2.75) is 19.9 Å². The highest BCUT2D eigenvalue weighted by Crippen LogP contribution is 2.22. The Morgan fingerprint density at radius 2 is 2.28 bits per heavy atom. The molecule has 94 valence electrons. The number of ketones is 1. The number of aromatic nitrogens is 3. The molecule has 6 heteroatoms. The molecule has 0 atom stereocenters. The van der Waals surface area contributed by atoms with Crippen molar-refractivity contribution in [2.24, 2.45) is 0 Å². The smallest absolute Gasteiger partial charge is 0.171 e. The van der Waals surface area contributed by atoms with Crippen LogP contribution in [0, 0.1) is 0 Å². The van der Waals surface area contributed by atoms with Crippen molar-refractivity contribution in [1.82, 2.24) is 14.8 Å². The van der Waals surface area contributed by atoms with Gasteiger partial charge >= 0.3 is 0 Å². The molecule has 0 saturated heterocycles. The summed E-state index contributed by atoms with van der Waals surface area (Å²) in [4.78, 5) is 16.2. The Balaban J connectivity index is 2.22. The maximum absolute atomic E-state index is 12.1. The van der Waals surface area contributed by atoms with E-state index in [1.54, 1.807) is 22.9 Å². The molecule has 4 nitrogen and oxygen atoms in total. The van der Waals surface area contributed by atoms with E-state index < -0.39 is 0 Å². The van der Waals surface area contributed by atoms with E-state index in [2.05, 4.69) is 26.0 Å². The molecule has 0 unspecified atom stereocenters. The zero-order valence-corrected chi connectivity index (χ0v) is 12.1. The second-order valence-corrected chi connectivity index (χ2v) is 5.04. The average Bonchev–Trinajstić information content (AvgIpc) is 2.76. The molecule has 0 aliphatic carbocycles. The summed E-state index contributed by atoms with van der Waals surface area (Å²) in [5.41, 5.74) is 0.505. The van der Waals surface area contributed by atoms with Crippen LogP contribution in [0.15, 0.2) is 29.0 Å². The van der Waals surface area contributed by atoms with Crippen LogP contribution in [0.1, 0.15) is 23.1 Å². The van der Waals surface area contributed by atoms with Gasteiger partial charge < -0.3 is 0 Å². The topological polar surface area (TPSA) is 47.8 Å². The molecule has 2 aromatic rings. The molecule has 0 fully saturated rings. The van der Waals surface area contributed by atoms with Crippen LogP contribution in [0.3, 0.4) is 0 Å². The van der Waals surface area contributed by atoms with Crippen molar-refractivity contribution in [1.29, 1.82) is 0 Å². The van der Waals surface area contributed by atoms with Gasteiger partial charge in [0.1, 0.15) is 12.2 Å². The summed E-state index contributed by atoms with van der Waals surface area (Å²) in [5.74, 6) is 0.594. The van der Waals surface area contributed by atoms with Gasteiger partial charge in [-0.05, 0) is 25.1 Å².